The molecule has 1 aromatic carbocycles. The van der Waals surface area contributed by atoms with Gasteiger partial charge in [0, 0.05) is 24.0 Å². The van der Waals surface area contributed by atoms with Gasteiger partial charge in [0.1, 0.15) is 6.10 Å². The molecule has 0 spiro atoms. The summed E-state index contributed by atoms with van der Waals surface area (Å²) in [4.78, 5) is 20.8. The van der Waals surface area contributed by atoms with E-state index in [0.717, 1.165) is 49.9 Å². The van der Waals surface area contributed by atoms with Crippen LogP contribution in [0.1, 0.15) is 49.1 Å². The third kappa shape index (κ3) is 6.51. The van der Waals surface area contributed by atoms with Gasteiger partial charge in [0.25, 0.3) is 0 Å². The number of benzene rings is 1. The number of hydrogen-bond acceptors (Lipinski definition) is 4. The van der Waals surface area contributed by atoms with E-state index in [1.165, 1.54) is 5.56 Å². The van der Waals surface area contributed by atoms with Crippen molar-refractivity contribution in [3.05, 3.63) is 53.3 Å². The number of nitrogens with zero attached hydrogens (tertiary/aromatic N) is 2. The summed E-state index contributed by atoms with van der Waals surface area (Å²) in [5.41, 5.74) is 3.14. The van der Waals surface area contributed by atoms with E-state index in [2.05, 4.69) is 32.7 Å². The Hall–Kier alpha value is -2.63. The molecule has 2 aromatic rings. The van der Waals surface area contributed by atoms with Gasteiger partial charge < -0.3 is 15.4 Å². The van der Waals surface area contributed by atoms with Crippen molar-refractivity contribution in [2.45, 2.75) is 64.5 Å². The van der Waals surface area contributed by atoms with Crippen LogP contribution in [0.3, 0.4) is 0 Å². The van der Waals surface area contributed by atoms with E-state index < -0.39 is 0 Å². The minimum absolute atomic E-state index is 0.0740. The lowest BCUT2D eigenvalue weighted by Gasteiger charge is -2.29. The van der Waals surface area contributed by atoms with Crippen molar-refractivity contribution in [2.75, 3.05) is 6.54 Å². The van der Waals surface area contributed by atoms with Gasteiger partial charge in [-0.2, -0.15) is 0 Å². The number of amides is 2. The molecule has 1 fully saturated rings. The quantitative estimate of drug-likeness (QED) is 0.716. The number of aryl methyl sites for hydroxylation is 3. The fraction of sp³-hybridized carbons (Fsp3) is 0.500. The molecule has 2 N–H and O–H groups in total. The summed E-state index contributed by atoms with van der Waals surface area (Å²) >= 11 is 0. The summed E-state index contributed by atoms with van der Waals surface area (Å²) in [5, 5.41) is 6.05. The summed E-state index contributed by atoms with van der Waals surface area (Å²) in [6.07, 6.45) is 5.65. The SMILES string of the molecule is Cc1cc(C)nc(OC2CCC(NC(=O)NCCCc3ccccc3)CC2)n1. The highest BCUT2D eigenvalue weighted by Gasteiger charge is 2.24. The molecule has 1 saturated carbocycles. The first-order valence-electron chi connectivity index (χ1n) is 10.2. The van der Waals surface area contributed by atoms with E-state index >= 15 is 0 Å². The first-order chi connectivity index (χ1) is 13.6. The molecule has 6 nitrogen and oxygen atoms in total. The number of rotatable bonds is 7. The van der Waals surface area contributed by atoms with Gasteiger partial charge in [-0.3, -0.25) is 0 Å². The van der Waals surface area contributed by atoms with Crippen molar-refractivity contribution in [1.82, 2.24) is 20.6 Å². The summed E-state index contributed by atoms with van der Waals surface area (Å²) in [6.45, 7) is 4.57. The van der Waals surface area contributed by atoms with Crippen LogP contribution in [-0.4, -0.2) is 34.7 Å². The Morgan fingerprint density at radius 1 is 1.07 bits per heavy atom. The number of nitrogens with one attached hydrogen (secondary N) is 2. The third-order valence-corrected chi connectivity index (χ3v) is 5.01. The lowest BCUT2D eigenvalue weighted by atomic mass is 9.93. The van der Waals surface area contributed by atoms with Crippen LogP contribution in [0.5, 0.6) is 6.01 Å². The monoisotopic (exact) mass is 382 g/mol. The van der Waals surface area contributed by atoms with Gasteiger partial charge in [-0.15, -0.1) is 0 Å². The van der Waals surface area contributed by atoms with Gasteiger partial charge >= 0.3 is 12.0 Å². The van der Waals surface area contributed by atoms with Crippen molar-refractivity contribution in [1.29, 1.82) is 0 Å². The summed E-state index contributed by atoms with van der Waals surface area (Å²) in [7, 11) is 0. The molecule has 6 heteroatoms. The molecule has 28 heavy (non-hydrogen) atoms. The zero-order chi connectivity index (χ0) is 19.8. The standard InChI is InChI=1S/C22H30N4O2/c1-16-15-17(2)25-22(24-16)28-20-12-10-19(11-13-20)26-21(27)23-14-6-9-18-7-4-3-5-8-18/h3-5,7-8,15,19-20H,6,9-14H2,1-2H3,(H2,23,26,27). The van der Waals surface area contributed by atoms with Crippen molar-refractivity contribution >= 4 is 6.03 Å². The van der Waals surface area contributed by atoms with E-state index in [1.54, 1.807) is 0 Å². The number of urea groups is 1. The minimum Gasteiger partial charge on any atom is -0.460 e. The maximum atomic E-state index is 12.1. The Morgan fingerprint density at radius 3 is 2.43 bits per heavy atom. The molecule has 0 aliphatic heterocycles. The van der Waals surface area contributed by atoms with Crippen LogP contribution in [0, 0.1) is 13.8 Å². The Balaban J connectivity index is 1.32. The van der Waals surface area contributed by atoms with Crippen LogP contribution in [0.2, 0.25) is 0 Å². The predicted molar refractivity (Wildman–Crippen MR) is 109 cm³/mol. The van der Waals surface area contributed by atoms with E-state index in [0.29, 0.717) is 12.6 Å². The third-order valence-electron chi connectivity index (χ3n) is 5.01. The van der Waals surface area contributed by atoms with Crippen LogP contribution in [0.15, 0.2) is 36.4 Å². The van der Waals surface area contributed by atoms with Crippen molar-refractivity contribution < 1.29 is 9.53 Å². The average Bonchev–Trinajstić information content (AvgIpc) is 2.67. The zero-order valence-corrected chi connectivity index (χ0v) is 16.8. The fourth-order valence-corrected chi connectivity index (χ4v) is 3.60. The normalized spacial score (nSPS) is 19.1. The molecular weight excluding hydrogens is 352 g/mol. The molecule has 2 amide bonds. The smallest absolute Gasteiger partial charge is 0.317 e. The molecule has 0 radical (unpaired) electrons. The molecule has 1 aromatic heterocycles. The second-order valence-electron chi connectivity index (χ2n) is 7.51. The average molecular weight is 383 g/mol. The molecule has 0 saturated heterocycles. The summed E-state index contributed by atoms with van der Waals surface area (Å²) in [6, 6.07) is 12.9. The maximum absolute atomic E-state index is 12.1. The summed E-state index contributed by atoms with van der Waals surface area (Å²) < 4.78 is 5.94. The molecule has 0 atom stereocenters. The van der Waals surface area contributed by atoms with Crippen LogP contribution in [0.4, 0.5) is 4.79 Å². The molecular formula is C22H30N4O2. The largest absolute Gasteiger partial charge is 0.460 e. The molecule has 1 aliphatic rings. The molecule has 1 aliphatic carbocycles. The van der Waals surface area contributed by atoms with Crippen LogP contribution >= 0.6 is 0 Å². The van der Waals surface area contributed by atoms with Gasteiger partial charge in [0.2, 0.25) is 0 Å². The van der Waals surface area contributed by atoms with Crippen molar-refractivity contribution in [2.24, 2.45) is 0 Å². The number of carbonyl (C=O) groups excluding carboxylic acids is 1. The second-order valence-corrected chi connectivity index (χ2v) is 7.51. The van der Waals surface area contributed by atoms with Crippen LogP contribution < -0.4 is 15.4 Å². The Bertz CT molecular complexity index is 738. The number of carbonyl (C=O) groups is 1. The van der Waals surface area contributed by atoms with Crippen molar-refractivity contribution in [3.63, 3.8) is 0 Å². The van der Waals surface area contributed by atoms with Crippen LogP contribution in [-0.2, 0) is 6.42 Å². The van der Waals surface area contributed by atoms with E-state index in [9.17, 15) is 4.79 Å². The number of hydrogen-bond donors (Lipinski definition) is 2. The highest BCUT2D eigenvalue weighted by atomic mass is 16.5. The number of aromatic nitrogens is 2. The molecule has 0 unspecified atom stereocenters. The molecule has 0 bridgehead atoms. The lowest BCUT2D eigenvalue weighted by molar-refractivity contribution is 0.128. The molecule has 1 heterocycles. The van der Waals surface area contributed by atoms with Crippen molar-refractivity contribution in [3.8, 4) is 6.01 Å². The van der Waals surface area contributed by atoms with Gasteiger partial charge in [0.05, 0.1) is 0 Å². The molecule has 3 rings (SSSR count). The van der Waals surface area contributed by atoms with Gasteiger partial charge in [0.15, 0.2) is 0 Å². The highest BCUT2D eigenvalue weighted by Crippen LogP contribution is 2.22. The van der Waals surface area contributed by atoms with Gasteiger partial charge in [-0.25, -0.2) is 14.8 Å². The second kappa shape index (κ2) is 10.1. The Morgan fingerprint density at radius 2 is 1.75 bits per heavy atom. The molecule has 150 valence electrons. The topological polar surface area (TPSA) is 76.1 Å². The Kier molecular flexibility index (Phi) is 7.23. The van der Waals surface area contributed by atoms with E-state index in [-0.39, 0.29) is 18.2 Å². The van der Waals surface area contributed by atoms with Gasteiger partial charge in [-0.1, -0.05) is 30.3 Å². The zero-order valence-electron chi connectivity index (χ0n) is 16.8. The summed E-state index contributed by atoms with van der Waals surface area (Å²) in [5.74, 6) is 0. The van der Waals surface area contributed by atoms with Gasteiger partial charge in [-0.05, 0) is 64.0 Å². The minimum atomic E-state index is -0.0740. The lowest BCUT2D eigenvalue weighted by Crippen LogP contribution is -2.45. The fourth-order valence-electron chi connectivity index (χ4n) is 3.60. The first-order valence-corrected chi connectivity index (χ1v) is 10.2. The Labute approximate surface area is 167 Å². The highest BCUT2D eigenvalue weighted by molar-refractivity contribution is 5.74. The predicted octanol–water partition coefficient (Wildman–Crippen LogP) is 3.72. The van der Waals surface area contributed by atoms with Crippen LogP contribution in [0.25, 0.3) is 0 Å². The number of ether oxygens (including phenoxy) is 1. The van der Waals surface area contributed by atoms with E-state index in [4.69, 9.17) is 4.74 Å². The van der Waals surface area contributed by atoms with E-state index in [1.807, 2.05) is 38.1 Å². The first kappa shape index (κ1) is 20.1. The maximum Gasteiger partial charge on any atom is 0.317 e.